The lowest BCUT2D eigenvalue weighted by molar-refractivity contribution is -0.111. The average Bonchev–Trinajstić information content (AvgIpc) is 3.42. The van der Waals surface area contributed by atoms with Gasteiger partial charge in [-0.2, -0.15) is 0 Å². The molecule has 0 N–H and O–H groups in total. The van der Waals surface area contributed by atoms with E-state index in [1.807, 2.05) is 48.6 Å². The van der Waals surface area contributed by atoms with Crippen LogP contribution in [0.2, 0.25) is 0 Å². The molecule has 0 bridgehead atoms. The summed E-state index contributed by atoms with van der Waals surface area (Å²) in [5.74, 6) is 0.0508. The second-order valence-corrected chi connectivity index (χ2v) is 16.6. The van der Waals surface area contributed by atoms with Crippen molar-refractivity contribution in [1.29, 1.82) is 0 Å². The summed E-state index contributed by atoms with van der Waals surface area (Å²) in [6.45, 7) is 1.38. The predicted molar refractivity (Wildman–Crippen MR) is 279 cm³/mol. The first-order valence-corrected chi connectivity index (χ1v) is 22.9. The second-order valence-electron chi connectivity index (χ2n) is 16.6. The first-order valence-electron chi connectivity index (χ1n) is 22.9. The number of methoxy groups -OCH3 is 2. The van der Waals surface area contributed by atoms with Crippen molar-refractivity contribution in [3.63, 3.8) is 0 Å². The van der Waals surface area contributed by atoms with Gasteiger partial charge in [-0.15, -0.1) is 0 Å². The van der Waals surface area contributed by atoms with E-state index in [2.05, 4.69) is 204 Å². The summed E-state index contributed by atoms with van der Waals surface area (Å²) in [5.41, 5.74) is 13.1. The first-order chi connectivity index (χ1) is 33.4. The number of allylic oxidation sites excluding steroid dienone is 8. The van der Waals surface area contributed by atoms with Crippen LogP contribution in [0.5, 0.6) is 0 Å². The van der Waals surface area contributed by atoms with E-state index in [9.17, 15) is 9.59 Å². The molecule has 10 rings (SSSR count). The maximum absolute atomic E-state index is 11.9. The molecule has 0 spiro atoms. The van der Waals surface area contributed by atoms with Crippen LogP contribution in [0.3, 0.4) is 0 Å². The number of carbonyl (C=O) groups is 2. The first kappa shape index (κ1) is 46.5. The number of rotatable bonds is 11. The highest BCUT2D eigenvalue weighted by atomic mass is 16.5. The smallest absolute Gasteiger partial charge is 0.178 e. The molecule has 4 nitrogen and oxygen atoms in total. The summed E-state index contributed by atoms with van der Waals surface area (Å²) < 4.78 is 9.31. The SMILES string of the molecule is COCCOC.O=C1C=CC(c2ccc(-c3ccccc3)cc2)(c2ccc(-c3ccccc3)cc2)C=C1.O=C1C=CC(c2ccc(-c3ccccc3)cc2)(c2ccc(-c3ccccc3)cc2)C=C1. The molecule has 68 heavy (non-hydrogen) atoms. The molecular formula is C64H54O4. The predicted octanol–water partition coefficient (Wildman–Crippen LogP) is 14.3. The minimum absolute atomic E-state index is 0.0254. The molecule has 0 radical (unpaired) electrons. The second kappa shape index (κ2) is 22.4. The highest BCUT2D eigenvalue weighted by Crippen LogP contribution is 2.41. The Morgan fingerprint density at radius 3 is 0.662 bits per heavy atom. The quantitative estimate of drug-likeness (QED) is 0.121. The number of hydrogen-bond donors (Lipinski definition) is 0. The van der Waals surface area contributed by atoms with Gasteiger partial charge in [0.15, 0.2) is 11.6 Å². The van der Waals surface area contributed by atoms with Gasteiger partial charge in [0.1, 0.15) is 0 Å². The van der Waals surface area contributed by atoms with Crippen LogP contribution < -0.4 is 0 Å². The van der Waals surface area contributed by atoms with Crippen molar-refractivity contribution in [2.24, 2.45) is 0 Å². The van der Waals surface area contributed by atoms with E-state index in [0.717, 1.165) is 22.3 Å². The Kier molecular flexibility index (Phi) is 15.4. The fourth-order valence-corrected chi connectivity index (χ4v) is 8.62. The maximum atomic E-state index is 11.9. The topological polar surface area (TPSA) is 52.6 Å². The molecule has 0 saturated carbocycles. The van der Waals surface area contributed by atoms with E-state index in [0.29, 0.717) is 13.2 Å². The number of ketones is 2. The minimum atomic E-state index is -0.460. The monoisotopic (exact) mass is 886 g/mol. The van der Waals surface area contributed by atoms with Crippen molar-refractivity contribution >= 4 is 11.6 Å². The molecule has 4 heteroatoms. The molecule has 334 valence electrons. The van der Waals surface area contributed by atoms with Gasteiger partial charge in [0, 0.05) is 14.2 Å². The van der Waals surface area contributed by atoms with E-state index in [4.69, 9.17) is 0 Å². The van der Waals surface area contributed by atoms with Crippen LogP contribution in [0.15, 0.2) is 267 Å². The molecule has 0 aromatic heterocycles. The molecule has 8 aromatic rings. The molecule has 0 atom stereocenters. The zero-order chi connectivity index (χ0) is 47.0. The lowest BCUT2D eigenvalue weighted by atomic mass is 9.71. The van der Waals surface area contributed by atoms with Gasteiger partial charge in [-0.1, -0.05) is 243 Å². The van der Waals surface area contributed by atoms with Crippen LogP contribution in [0.1, 0.15) is 22.3 Å². The van der Waals surface area contributed by atoms with Crippen LogP contribution in [0.25, 0.3) is 44.5 Å². The third-order valence-corrected chi connectivity index (χ3v) is 12.4. The van der Waals surface area contributed by atoms with Crippen LogP contribution in [-0.2, 0) is 29.9 Å². The average molecular weight is 887 g/mol. The molecule has 0 aliphatic heterocycles. The highest BCUT2D eigenvalue weighted by molar-refractivity contribution is 6.01. The molecule has 8 aromatic carbocycles. The maximum Gasteiger partial charge on any atom is 0.178 e. The van der Waals surface area contributed by atoms with Crippen LogP contribution in [-0.4, -0.2) is 39.0 Å². The number of benzene rings is 8. The molecule has 0 fully saturated rings. The fraction of sp³-hybridized carbons (Fsp3) is 0.0938. The lowest BCUT2D eigenvalue weighted by Crippen LogP contribution is -2.25. The van der Waals surface area contributed by atoms with Gasteiger partial charge in [-0.3, -0.25) is 9.59 Å². The van der Waals surface area contributed by atoms with Crippen molar-refractivity contribution < 1.29 is 19.1 Å². The Morgan fingerprint density at radius 2 is 0.471 bits per heavy atom. The zero-order valence-corrected chi connectivity index (χ0v) is 38.5. The van der Waals surface area contributed by atoms with Crippen molar-refractivity contribution in [3.8, 4) is 44.5 Å². The van der Waals surface area contributed by atoms with Crippen LogP contribution >= 0.6 is 0 Å². The van der Waals surface area contributed by atoms with Gasteiger partial charge in [0.25, 0.3) is 0 Å². The number of carbonyl (C=O) groups excluding carboxylic acids is 2. The van der Waals surface area contributed by atoms with Crippen molar-refractivity contribution in [2.45, 2.75) is 10.8 Å². The van der Waals surface area contributed by atoms with Crippen molar-refractivity contribution in [3.05, 3.63) is 289 Å². The van der Waals surface area contributed by atoms with E-state index >= 15 is 0 Å². The van der Waals surface area contributed by atoms with Crippen LogP contribution in [0.4, 0.5) is 0 Å². The largest absolute Gasteiger partial charge is 0.382 e. The summed E-state index contributed by atoms with van der Waals surface area (Å²) >= 11 is 0. The summed E-state index contributed by atoms with van der Waals surface area (Å²) in [6, 6.07) is 76.0. The normalized spacial score (nSPS) is 14.0. The van der Waals surface area contributed by atoms with Gasteiger partial charge in [0.2, 0.25) is 0 Å². The minimum Gasteiger partial charge on any atom is -0.382 e. The summed E-state index contributed by atoms with van der Waals surface area (Å²) in [5, 5.41) is 0. The third-order valence-electron chi connectivity index (χ3n) is 12.4. The summed E-state index contributed by atoms with van der Waals surface area (Å²) in [4.78, 5) is 23.8. The molecule has 2 aliphatic rings. The molecule has 2 aliphatic carbocycles. The third kappa shape index (κ3) is 11.0. The molecule has 0 amide bonds. The van der Waals surface area contributed by atoms with Crippen molar-refractivity contribution in [1.82, 2.24) is 0 Å². The molecular weight excluding hydrogens is 833 g/mol. The molecule has 0 unspecified atom stereocenters. The van der Waals surface area contributed by atoms with E-state index < -0.39 is 10.8 Å². The summed E-state index contributed by atoms with van der Waals surface area (Å²) in [6.07, 6.45) is 14.8. The highest BCUT2D eigenvalue weighted by Gasteiger charge is 2.32. The van der Waals surface area contributed by atoms with Gasteiger partial charge < -0.3 is 9.47 Å². The van der Waals surface area contributed by atoms with Gasteiger partial charge in [-0.05, 0) is 91.1 Å². The zero-order valence-electron chi connectivity index (χ0n) is 38.5. The van der Waals surface area contributed by atoms with Crippen molar-refractivity contribution in [2.75, 3.05) is 27.4 Å². The van der Waals surface area contributed by atoms with Crippen LogP contribution in [0, 0.1) is 0 Å². The number of ether oxygens (including phenoxy) is 2. The summed E-state index contributed by atoms with van der Waals surface area (Å²) in [7, 11) is 3.30. The Balaban J connectivity index is 0.000000164. The Hall–Kier alpha value is -8.02. The van der Waals surface area contributed by atoms with Gasteiger partial charge in [-0.25, -0.2) is 0 Å². The van der Waals surface area contributed by atoms with E-state index in [1.54, 1.807) is 38.5 Å². The number of hydrogen-bond acceptors (Lipinski definition) is 4. The van der Waals surface area contributed by atoms with Gasteiger partial charge >= 0.3 is 0 Å². The fourth-order valence-electron chi connectivity index (χ4n) is 8.62. The lowest BCUT2D eigenvalue weighted by Gasteiger charge is -2.31. The van der Waals surface area contributed by atoms with Gasteiger partial charge in [0.05, 0.1) is 24.0 Å². The Labute approximate surface area is 400 Å². The van der Waals surface area contributed by atoms with E-state index in [-0.39, 0.29) is 11.6 Å². The Morgan fingerprint density at radius 1 is 0.279 bits per heavy atom. The van der Waals surface area contributed by atoms with E-state index in [1.165, 1.54) is 44.5 Å². The molecule has 0 heterocycles. The standard InChI is InChI=1S/2C30H22O.C4H10O2/c2*31-29-19-21-30(22-20-29,27-15-11-25(12-16-27)23-7-3-1-4-8-23)28-17-13-26(14-18-28)24-9-5-2-6-10-24;1-5-3-4-6-2/h2*1-22H;3-4H2,1-2H3. The Bertz CT molecular complexity index is 2570. The molecule has 0 saturated heterocycles.